The standard InChI is InChI=1S/C40H38N10O2.Na.H/c1-4-11-29(12-5-1)19-20-30-13-10-18-33(35-37(49-21-25-51-26-22-49)39(45-47-43-35)41-31-14-6-2-7-15-31)34(30)36-38(50-23-27-52-28-24-50)40(46-48-44-36)42-32-16-8-3-9-17-32;;/h1-20H,21-28H2,(H,41,43,45)(H,42,44,46);;. The van der Waals surface area contributed by atoms with E-state index in [9.17, 15) is 0 Å². The van der Waals surface area contributed by atoms with E-state index in [4.69, 9.17) is 19.7 Å². The zero-order valence-corrected chi connectivity index (χ0v) is 28.6. The van der Waals surface area contributed by atoms with Crippen LogP contribution >= 0.6 is 0 Å². The van der Waals surface area contributed by atoms with E-state index in [1.807, 2.05) is 84.9 Å². The van der Waals surface area contributed by atoms with Crippen molar-refractivity contribution in [2.24, 2.45) is 0 Å². The van der Waals surface area contributed by atoms with Gasteiger partial charge in [0.2, 0.25) is 0 Å². The van der Waals surface area contributed by atoms with E-state index in [0.29, 0.717) is 75.6 Å². The molecule has 0 amide bonds. The van der Waals surface area contributed by atoms with Gasteiger partial charge < -0.3 is 29.9 Å². The van der Waals surface area contributed by atoms with E-state index in [2.05, 4.69) is 77.5 Å². The molecule has 53 heavy (non-hydrogen) atoms. The number of aromatic nitrogens is 6. The molecule has 0 aliphatic carbocycles. The summed E-state index contributed by atoms with van der Waals surface area (Å²) in [6, 6.07) is 36.4. The van der Waals surface area contributed by atoms with Crippen molar-refractivity contribution in [1.29, 1.82) is 0 Å². The molecule has 2 fully saturated rings. The molecule has 2 aliphatic heterocycles. The molecule has 0 saturated carbocycles. The fourth-order valence-corrected chi connectivity index (χ4v) is 6.57. The van der Waals surface area contributed by atoms with Gasteiger partial charge in [0.05, 0.1) is 26.4 Å². The van der Waals surface area contributed by atoms with Gasteiger partial charge in [-0.1, -0.05) is 97.1 Å². The SMILES string of the molecule is C(=Cc1cccc(-c2nnnc(Nc3ccccc3)c2N2CCOCC2)c1-c1nnnc(Nc2ccccc2)c1N1CCOCC1)c1ccccc1.[NaH]. The zero-order valence-electron chi connectivity index (χ0n) is 28.6. The molecule has 2 aromatic heterocycles. The number of para-hydroxylation sites is 2. The van der Waals surface area contributed by atoms with Gasteiger partial charge >= 0.3 is 29.6 Å². The second-order valence-electron chi connectivity index (χ2n) is 12.4. The molecule has 262 valence electrons. The molecule has 12 nitrogen and oxygen atoms in total. The first-order valence-corrected chi connectivity index (χ1v) is 17.4. The first kappa shape index (κ1) is 36.1. The monoisotopic (exact) mass is 714 g/mol. The molecule has 4 heterocycles. The van der Waals surface area contributed by atoms with E-state index in [0.717, 1.165) is 45.0 Å². The predicted octanol–water partition coefficient (Wildman–Crippen LogP) is 6.07. The minimum absolute atomic E-state index is 0. The molecule has 13 heteroatoms. The maximum atomic E-state index is 5.80. The summed E-state index contributed by atoms with van der Waals surface area (Å²) in [6.07, 6.45) is 4.23. The molecule has 8 rings (SSSR count). The molecule has 0 unspecified atom stereocenters. The number of nitrogens with one attached hydrogen (secondary N) is 2. The number of nitrogens with zero attached hydrogens (tertiary/aromatic N) is 8. The zero-order chi connectivity index (χ0) is 35.0. The molecule has 0 atom stereocenters. The van der Waals surface area contributed by atoms with E-state index in [1.54, 1.807) is 0 Å². The van der Waals surface area contributed by atoms with E-state index < -0.39 is 0 Å². The number of rotatable bonds is 10. The first-order chi connectivity index (χ1) is 25.8. The van der Waals surface area contributed by atoms with Crippen LogP contribution in [0.25, 0.3) is 34.7 Å². The van der Waals surface area contributed by atoms with Gasteiger partial charge in [0.1, 0.15) is 22.8 Å². The third-order valence-corrected chi connectivity index (χ3v) is 9.05. The molecule has 0 bridgehead atoms. The Balaban J connectivity index is 0.00000435. The van der Waals surface area contributed by atoms with Gasteiger partial charge in [-0.15, -0.1) is 20.4 Å². The summed E-state index contributed by atoms with van der Waals surface area (Å²) in [5.74, 6) is 1.21. The molecule has 2 N–H and O–H groups in total. The quantitative estimate of drug-likeness (QED) is 0.126. The number of anilines is 6. The van der Waals surface area contributed by atoms with Crippen LogP contribution in [0.4, 0.5) is 34.4 Å². The van der Waals surface area contributed by atoms with Gasteiger partial charge in [0.15, 0.2) is 11.6 Å². The first-order valence-electron chi connectivity index (χ1n) is 17.4. The van der Waals surface area contributed by atoms with Crippen LogP contribution in [0.2, 0.25) is 0 Å². The number of ether oxygens (including phenoxy) is 2. The second kappa shape index (κ2) is 17.5. The van der Waals surface area contributed by atoms with Crippen molar-refractivity contribution in [2.75, 3.05) is 73.0 Å². The Morgan fingerprint density at radius 3 is 1.55 bits per heavy atom. The Hall–Kier alpha value is -5.24. The van der Waals surface area contributed by atoms with Gasteiger partial charge in [0, 0.05) is 48.7 Å². The third kappa shape index (κ3) is 8.38. The van der Waals surface area contributed by atoms with Crippen LogP contribution < -0.4 is 20.4 Å². The van der Waals surface area contributed by atoms with Gasteiger partial charge in [-0.2, -0.15) is 0 Å². The van der Waals surface area contributed by atoms with Gasteiger partial charge in [-0.25, -0.2) is 0 Å². The Kier molecular flexibility index (Phi) is 11.9. The summed E-state index contributed by atoms with van der Waals surface area (Å²) in [5.41, 5.74) is 8.50. The topological polar surface area (TPSA) is 126 Å². The Morgan fingerprint density at radius 1 is 0.509 bits per heavy atom. The van der Waals surface area contributed by atoms with Crippen LogP contribution in [0.5, 0.6) is 0 Å². The van der Waals surface area contributed by atoms with Crippen molar-refractivity contribution in [2.45, 2.75) is 0 Å². The second-order valence-corrected chi connectivity index (χ2v) is 12.4. The van der Waals surface area contributed by atoms with Crippen LogP contribution in [0.3, 0.4) is 0 Å². The molecule has 0 radical (unpaired) electrons. The van der Waals surface area contributed by atoms with Crippen molar-refractivity contribution < 1.29 is 9.47 Å². The normalized spacial score (nSPS) is 14.5. The molecule has 0 spiro atoms. The van der Waals surface area contributed by atoms with Crippen LogP contribution in [-0.2, 0) is 9.47 Å². The number of morpholine rings is 2. The van der Waals surface area contributed by atoms with E-state index in [1.165, 1.54) is 0 Å². The molecule has 6 aromatic rings. The average Bonchev–Trinajstić information content (AvgIpc) is 3.21. The summed E-state index contributed by atoms with van der Waals surface area (Å²) in [7, 11) is 0. The minimum atomic E-state index is 0. The van der Waals surface area contributed by atoms with Crippen LogP contribution in [0, 0.1) is 0 Å². The number of benzene rings is 4. The molecular formula is C40H39N10NaO2. The third-order valence-electron chi connectivity index (χ3n) is 9.05. The molecule has 2 aliphatic rings. The number of hydrogen-bond donors (Lipinski definition) is 2. The van der Waals surface area contributed by atoms with Crippen molar-refractivity contribution in [3.63, 3.8) is 0 Å². The molecule has 4 aromatic carbocycles. The summed E-state index contributed by atoms with van der Waals surface area (Å²) in [6.45, 7) is 5.02. The van der Waals surface area contributed by atoms with E-state index >= 15 is 0 Å². The maximum absolute atomic E-state index is 5.80. The fraction of sp³-hybridized carbons (Fsp3) is 0.200. The van der Waals surface area contributed by atoms with E-state index in [-0.39, 0.29) is 29.6 Å². The summed E-state index contributed by atoms with van der Waals surface area (Å²) < 4.78 is 11.6. The van der Waals surface area contributed by atoms with Crippen LogP contribution in [0.15, 0.2) is 109 Å². The Bertz CT molecular complexity index is 2130. The van der Waals surface area contributed by atoms with Crippen LogP contribution in [-0.4, -0.2) is 113 Å². The van der Waals surface area contributed by atoms with Gasteiger partial charge in [-0.3, -0.25) is 0 Å². The molecule has 2 saturated heterocycles. The summed E-state index contributed by atoms with van der Waals surface area (Å²) >= 11 is 0. The van der Waals surface area contributed by atoms with Crippen molar-refractivity contribution >= 4 is 76.1 Å². The Labute approximate surface area is 330 Å². The summed E-state index contributed by atoms with van der Waals surface area (Å²) in [5, 5.41) is 34.5. The Morgan fingerprint density at radius 2 is 1.00 bits per heavy atom. The summed E-state index contributed by atoms with van der Waals surface area (Å²) in [4.78, 5) is 4.54. The van der Waals surface area contributed by atoms with Crippen molar-refractivity contribution in [3.05, 3.63) is 120 Å². The van der Waals surface area contributed by atoms with Crippen LogP contribution in [0.1, 0.15) is 11.1 Å². The van der Waals surface area contributed by atoms with Gasteiger partial charge in [0.25, 0.3) is 0 Å². The fourth-order valence-electron chi connectivity index (χ4n) is 6.57. The van der Waals surface area contributed by atoms with Gasteiger partial charge in [-0.05, 0) is 45.8 Å². The molecular weight excluding hydrogens is 675 g/mol. The number of hydrogen-bond acceptors (Lipinski definition) is 12. The van der Waals surface area contributed by atoms with Crippen molar-refractivity contribution in [3.8, 4) is 22.5 Å². The predicted molar refractivity (Wildman–Crippen MR) is 212 cm³/mol. The average molecular weight is 715 g/mol. The van der Waals surface area contributed by atoms with Crippen molar-refractivity contribution in [1.82, 2.24) is 30.8 Å².